The van der Waals surface area contributed by atoms with Crippen LogP contribution >= 0.6 is 7.92 Å². The third kappa shape index (κ3) is 4.03. The van der Waals surface area contributed by atoms with Crippen LogP contribution in [0.1, 0.15) is 5.56 Å². The van der Waals surface area contributed by atoms with Crippen molar-refractivity contribution >= 4 is 18.5 Å². The van der Waals surface area contributed by atoms with E-state index in [0.717, 1.165) is 12.2 Å². The van der Waals surface area contributed by atoms with E-state index < -0.39 is 7.92 Å². The molecule has 23 heavy (non-hydrogen) atoms. The van der Waals surface area contributed by atoms with Gasteiger partial charge >= 0.3 is 0 Å². The van der Waals surface area contributed by atoms with E-state index in [-0.39, 0.29) is 11.6 Å². The van der Waals surface area contributed by atoms with Crippen molar-refractivity contribution in [3.63, 3.8) is 0 Å². The molecule has 0 unspecified atom stereocenters. The Morgan fingerprint density at radius 2 is 1.26 bits per heavy atom. The molecule has 0 spiro atoms. The van der Waals surface area contributed by atoms with Crippen LogP contribution in [-0.4, -0.2) is 6.16 Å². The molecule has 0 saturated heterocycles. The number of hydrogen-bond donors (Lipinski definition) is 0. The zero-order chi connectivity index (χ0) is 16.1. The summed E-state index contributed by atoms with van der Waals surface area (Å²) in [4.78, 5) is 0. The van der Waals surface area contributed by atoms with Gasteiger partial charge in [-0.2, -0.15) is 0 Å². The van der Waals surface area contributed by atoms with Gasteiger partial charge in [0.25, 0.3) is 0 Å². The highest BCUT2D eigenvalue weighted by Gasteiger charge is 2.14. The fraction of sp³-hybridized carbons (Fsp3) is 0.100. The highest BCUT2D eigenvalue weighted by atomic mass is 31.1. The topological polar surface area (TPSA) is 0 Å². The molecule has 3 heteroatoms. The van der Waals surface area contributed by atoms with E-state index in [1.54, 1.807) is 0 Å². The summed E-state index contributed by atoms with van der Waals surface area (Å²) in [6.45, 7) is 0. The van der Waals surface area contributed by atoms with Crippen molar-refractivity contribution in [3.05, 3.63) is 96.1 Å². The fourth-order valence-electron chi connectivity index (χ4n) is 2.59. The lowest BCUT2D eigenvalue weighted by molar-refractivity contribution is 0.587. The van der Waals surface area contributed by atoms with Crippen LogP contribution in [0.5, 0.6) is 0 Å². The van der Waals surface area contributed by atoms with Crippen LogP contribution in [0.25, 0.3) is 0 Å². The molecule has 0 aliphatic rings. The second-order valence-electron chi connectivity index (χ2n) is 5.31. The number of halogens is 2. The van der Waals surface area contributed by atoms with Gasteiger partial charge in [-0.05, 0) is 54.9 Å². The van der Waals surface area contributed by atoms with Gasteiger partial charge in [0, 0.05) is 0 Å². The maximum absolute atomic E-state index is 13.9. The zero-order valence-corrected chi connectivity index (χ0v) is 13.5. The number of rotatable bonds is 5. The predicted molar refractivity (Wildman–Crippen MR) is 94.0 cm³/mol. The lowest BCUT2D eigenvalue weighted by atomic mass is 10.1. The van der Waals surface area contributed by atoms with Crippen molar-refractivity contribution in [1.82, 2.24) is 0 Å². The highest BCUT2D eigenvalue weighted by molar-refractivity contribution is 7.73. The number of aryl methyl sites for hydroxylation is 1. The molecule has 0 aliphatic carbocycles. The van der Waals surface area contributed by atoms with Gasteiger partial charge in [-0.25, -0.2) is 8.78 Å². The van der Waals surface area contributed by atoms with E-state index in [1.165, 1.54) is 22.7 Å². The van der Waals surface area contributed by atoms with E-state index in [4.69, 9.17) is 0 Å². The summed E-state index contributed by atoms with van der Waals surface area (Å²) in [5.41, 5.74) is 0.448. The minimum atomic E-state index is -0.586. The summed E-state index contributed by atoms with van der Waals surface area (Å²) in [6.07, 6.45) is 1.32. The van der Waals surface area contributed by atoms with Crippen molar-refractivity contribution < 1.29 is 8.78 Å². The van der Waals surface area contributed by atoms with Crippen LogP contribution < -0.4 is 10.6 Å². The summed E-state index contributed by atoms with van der Waals surface area (Å²) in [6, 6.07) is 24.2. The fourth-order valence-corrected chi connectivity index (χ4v) is 4.93. The van der Waals surface area contributed by atoms with Crippen LogP contribution in [-0.2, 0) is 6.42 Å². The second-order valence-corrected chi connectivity index (χ2v) is 7.64. The molecular formula is C20H17F2P. The molecule has 0 N–H and O–H groups in total. The summed E-state index contributed by atoms with van der Waals surface area (Å²) in [5, 5.41) is 2.51. The summed E-state index contributed by atoms with van der Waals surface area (Å²) in [7, 11) is -0.586. The largest absolute Gasteiger partial charge is 0.207 e. The lowest BCUT2D eigenvalue weighted by Gasteiger charge is -2.19. The van der Waals surface area contributed by atoms with Crippen LogP contribution in [0.15, 0.2) is 78.9 Å². The minimum Gasteiger partial charge on any atom is -0.207 e. The molecule has 3 rings (SSSR count). The van der Waals surface area contributed by atoms with Crippen LogP contribution in [0.2, 0.25) is 0 Å². The highest BCUT2D eigenvalue weighted by Crippen LogP contribution is 2.34. The van der Waals surface area contributed by atoms with E-state index in [0.29, 0.717) is 12.0 Å². The Balaban J connectivity index is 1.86. The Hall–Kier alpha value is -2.05. The SMILES string of the molecule is Fc1ccc(F)c(CCP(c2ccccc2)c2ccccc2)c1. The zero-order valence-electron chi connectivity index (χ0n) is 12.6. The predicted octanol–water partition coefficient (Wildman–Crippen LogP) is 4.64. The lowest BCUT2D eigenvalue weighted by Crippen LogP contribution is -2.15. The molecule has 0 amide bonds. The first-order valence-electron chi connectivity index (χ1n) is 7.55. The normalized spacial score (nSPS) is 10.9. The molecule has 0 fully saturated rings. The van der Waals surface area contributed by atoms with Crippen molar-refractivity contribution in [1.29, 1.82) is 0 Å². The van der Waals surface area contributed by atoms with Crippen molar-refractivity contribution in [3.8, 4) is 0 Å². The summed E-state index contributed by atoms with van der Waals surface area (Å²) >= 11 is 0. The molecule has 0 aliphatic heterocycles. The van der Waals surface area contributed by atoms with Crippen molar-refractivity contribution in [2.24, 2.45) is 0 Å². The first-order valence-corrected chi connectivity index (χ1v) is 9.08. The average molecular weight is 326 g/mol. The van der Waals surface area contributed by atoms with Gasteiger partial charge in [0.2, 0.25) is 0 Å². The standard InChI is InChI=1S/C20H17F2P/c21-17-11-12-20(22)16(15-17)13-14-23(18-7-3-1-4-8-18)19-9-5-2-6-10-19/h1-12,15H,13-14H2. The quantitative estimate of drug-likeness (QED) is 0.599. The second kappa shape index (κ2) is 7.48. The third-order valence-electron chi connectivity index (χ3n) is 3.75. The monoisotopic (exact) mass is 326 g/mol. The summed E-state index contributed by atoms with van der Waals surface area (Å²) in [5.74, 6) is -0.715. The Morgan fingerprint density at radius 3 is 1.83 bits per heavy atom. The molecule has 3 aromatic rings. The molecule has 0 aromatic heterocycles. The Kier molecular flexibility index (Phi) is 5.15. The first kappa shape index (κ1) is 15.8. The van der Waals surface area contributed by atoms with Gasteiger partial charge in [0.15, 0.2) is 0 Å². The smallest absolute Gasteiger partial charge is 0.126 e. The molecule has 0 nitrogen and oxygen atoms in total. The maximum atomic E-state index is 13.9. The number of benzene rings is 3. The van der Waals surface area contributed by atoms with E-state index >= 15 is 0 Å². The van der Waals surface area contributed by atoms with E-state index in [2.05, 4.69) is 24.3 Å². The Morgan fingerprint density at radius 1 is 0.696 bits per heavy atom. The molecule has 0 bridgehead atoms. The average Bonchev–Trinajstić information content (AvgIpc) is 2.60. The van der Waals surface area contributed by atoms with Gasteiger partial charge in [-0.15, -0.1) is 0 Å². The molecule has 0 saturated carbocycles. The molecule has 0 atom stereocenters. The van der Waals surface area contributed by atoms with Gasteiger partial charge in [-0.1, -0.05) is 60.7 Å². The molecule has 116 valence electrons. The van der Waals surface area contributed by atoms with Crippen LogP contribution in [0, 0.1) is 11.6 Å². The molecule has 0 radical (unpaired) electrons. The minimum absolute atomic E-state index is 0.331. The van der Waals surface area contributed by atoms with Gasteiger partial charge < -0.3 is 0 Å². The van der Waals surface area contributed by atoms with E-state index in [1.807, 2.05) is 36.4 Å². The van der Waals surface area contributed by atoms with Gasteiger partial charge in [0.05, 0.1) is 0 Å². The molecular weight excluding hydrogens is 309 g/mol. The first-order chi connectivity index (χ1) is 11.2. The van der Waals surface area contributed by atoms with Crippen molar-refractivity contribution in [2.75, 3.05) is 6.16 Å². The molecule has 3 aromatic carbocycles. The Bertz CT molecular complexity index is 718. The Labute approximate surface area is 136 Å². The van der Waals surface area contributed by atoms with E-state index in [9.17, 15) is 8.78 Å². The molecule has 0 heterocycles. The maximum Gasteiger partial charge on any atom is 0.126 e. The van der Waals surface area contributed by atoms with Crippen LogP contribution in [0.3, 0.4) is 0 Å². The third-order valence-corrected chi connectivity index (χ3v) is 6.26. The summed E-state index contributed by atoms with van der Waals surface area (Å²) < 4.78 is 27.2. The van der Waals surface area contributed by atoms with Crippen LogP contribution in [0.4, 0.5) is 8.78 Å². The van der Waals surface area contributed by atoms with Crippen molar-refractivity contribution in [2.45, 2.75) is 6.42 Å². The number of hydrogen-bond acceptors (Lipinski definition) is 0. The van der Waals surface area contributed by atoms with Gasteiger partial charge in [-0.3, -0.25) is 0 Å². The van der Waals surface area contributed by atoms with Gasteiger partial charge in [0.1, 0.15) is 11.6 Å².